The smallest absolute Gasteiger partial charge is 0.0992 e. The molecule has 1 unspecified atom stereocenters. The van der Waals surface area contributed by atoms with Gasteiger partial charge in [0.2, 0.25) is 0 Å². The molecule has 1 rings (SSSR count). The Balaban J connectivity index is 2.72. The SMILES string of the molecule is Cc1ccc(C(C)(O)CNC(C)C)cc1. The van der Waals surface area contributed by atoms with E-state index in [1.54, 1.807) is 0 Å². The molecule has 15 heavy (non-hydrogen) atoms. The molecule has 0 amide bonds. The van der Waals surface area contributed by atoms with Gasteiger partial charge in [-0.2, -0.15) is 0 Å². The first-order chi connectivity index (χ1) is 6.92. The second-order valence-electron chi connectivity index (χ2n) is 4.68. The first-order valence-electron chi connectivity index (χ1n) is 5.45. The van der Waals surface area contributed by atoms with E-state index in [-0.39, 0.29) is 0 Å². The van der Waals surface area contributed by atoms with Gasteiger partial charge in [-0.15, -0.1) is 0 Å². The molecule has 0 aliphatic heterocycles. The minimum Gasteiger partial charge on any atom is -0.384 e. The molecule has 0 aromatic heterocycles. The average Bonchev–Trinajstić information content (AvgIpc) is 2.16. The lowest BCUT2D eigenvalue weighted by Gasteiger charge is -2.25. The van der Waals surface area contributed by atoms with E-state index in [0.717, 1.165) is 5.56 Å². The third-order valence-electron chi connectivity index (χ3n) is 2.53. The molecule has 1 atom stereocenters. The van der Waals surface area contributed by atoms with Gasteiger partial charge in [0.1, 0.15) is 0 Å². The summed E-state index contributed by atoms with van der Waals surface area (Å²) in [6.07, 6.45) is 0. The van der Waals surface area contributed by atoms with Crippen molar-refractivity contribution in [2.24, 2.45) is 0 Å². The Morgan fingerprint density at radius 3 is 2.27 bits per heavy atom. The Morgan fingerprint density at radius 2 is 1.80 bits per heavy atom. The summed E-state index contributed by atoms with van der Waals surface area (Å²) >= 11 is 0. The fourth-order valence-electron chi connectivity index (χ4n) is 1.42. The van der Waals surface area contributed by atoms with E-state index < -0.39 is 5.60 Å². The maximum absolute atomic E-state index is 10.3. The van der Waals surface area contributed by atoms with Crippen molar-refractivity contribution in [3.8, 4) is 0 Å². The number of hydrogen-bond acceptors (Lipinski definition) is 2. The van der Waals surface area contributed by atoms with Crippen LogP contribution in [-0.4, -0.2) is 17.7 Å². The summed E-state index contributed by atoms with van der Waals surface area (Å²) in [5.74, 6) is 0. The standard InChI is InChI=1S/C13H21NO/c1-10(2)14-9-13(4,15)12-7-5-11(3)6-8-12/h5-8,10,14-15H,9H2,1-4H3. The van der Waals surface area contributed by atoms with Crippen molar-refractivity contribution in [2.45, 2.75) is 39.3 Å². The minimum absolute atomic E-state index is 0.391. The quantitative estimate of drug-likeness (QED) is 0.793. The molecule has 0 fully saturated rings. The summed E-state index contributed by atoms with van der Waals surface area (Å²) in [4.78, 5) is 0. The van der Waals surface area contributed by atoms with Crippen LogP contribution in [0.25, 0.3) is 0 Å². The van der Waals surface area contributed by atoms with E-state index in [4.69, 9.17) is 0 Å². The van der Waals surface area contributed by atoms with E-state index in [1.807, 2.05) is 38.1 Å². The van der Waals surface area contributed by atoms with Crippen molar-refractivity contribution >= 4 is 0 Å². The van der Waals surface area contributed by atoms with Gasteiger partial charge >= 0.3 is 0 Å². The highest BCUT2D eigenvalue weighted by Crippen LogP contribution is 2.20. The topological polar surface area (TPSA) is 32.3 Å². The van der Waals surface area contributed by atoms with E-state index in [2.05, 4.69) is 19.2 Å². The predicted molar refractivity (Wildman–Crippen MR) is 63.9 cm³/mol. The van der Waals surface area contributed by atoms with Crippen molar-refractivity contribution in [2.75, 3.05) is 6.54 Å². The lowest BCUT2D eigenvalue weighted by molar-refractivity contribution is 0.0549. The lowest BCUT2D eigenvalue weighted by Crippen LogP contribution is -2.38. The highest BCUT2D eigenvalue weighted by atomic mass is 16.3. The number of aryl methyl sites for hydroxylation is 1. The van der Waals surface area contributed by atoms with Crippen LogP contribution in [0, 0.1) is 6.92 Å². The van der Waals surface area contributed by atoms with E-state index >= 15 is 0 Å². The van der Waals surface area contributed by atoms with E-state index in [9.17, 15) is 5.11 Å². The van der Waals surface area contributed by atoms with Crippen molar-refractivity contribution in [1.29, 1.82) is 0 Å². The van der Waals surface area contributed by atoms with Gasteiger partial charge in [0.25, 0.3) is 0 Å². The third-order valence-corrected chi connectivity index (χ3v) is 2.53. The molecule has 84 valence electrons. The van der Waals surface area contributed by atoms with Crippen LogP contribution in [0.2, 0.25) is 0 Å². The summed E-state index contributed by atoms with van der Waals surface area (Å²) in [6.45, 7) is 8.61. The van der Waals surface area contributed by atoms with Crippen molar-refractivity contribution < 1.29 is 5.11 Å². The van der Waals surface area contributed by atoms with Crippen molar-refractivity contribution in [1.82, 2.24) is 5.32 Å². The third kappa shape index (κ3) is 3.65. The van der Waals surface area contributed by atoms with Gasteiger partial charge in [-0.25, -0.2) is 0 Å². The first kappa shape index (κ1) is 12.2. The van der Waals surface area contributed by atoms with Crippen LogP contribution in [0.1, 0.15) is 31.9 Å². The summed E-state index contributed by atoms with van der Waals surface area (Å²) in [7, 11) is 0. The molecule has 0 saturated carbocycles. The van der Waals surface area contributed by atoms with E-state index in [1.165, 1.54) is 5.56 Å². The predicted octanol–water partition coefficient (Wildman–Crippen LogP) is 2.20. The molecule has 0 aliphatic rings. The monoisotopic (exact) mass is 207 g/mol. The summed E-state index contributed by atoms with van der Waals surface area (Å²) < 4.78 is 0. The molecular weight excluding hydrogens is 186 g/mol. The van der Waals surface area contributed by atoms with Gasteiger partial charge in [0, 0.05) is 12.6 Å². The van der Waals surface area contributed by atoms with Gasteiger partial charge in [-0.05, 0) is 19.4 Å². The van der Waals surface area contributed by atoms with Crippen LogP contribution in [0.4, 0.5) is 0 Å². The number of rotatable bonds is 4. The number of hydrogen-bond donors (Lipinski definition) is 2. The summed E-state index contributed by atoms with van der Waals surface area (Å²) in [5, 5.41) is 13.5. The molecule has 2 nitrogen and oxygen atoms in total. The summed E-state index contributed by atoms with van der Waals surface area (Å²) in [6, 6.07) is 8.41. The van der Waals surface area contributed by atoms with Gasteiger partial charge in [-0.3, -0.25) is 0 Å². The second kappa shape index (κ2) is 4.77. The molecule has 0 heterocycles. The van der Waals surface area contributed by atoms with Gasteiger partial charge in [-0.1, -0.05) is 43.7 Å². The maximum Gasteiger partial charge on any atom is 0.0992 e. The van der Waals surface area contributed by atoms with Gasteiger partial charge in [0.05, 0.1) is 5.60 Å². The van der Waals surface area contributed by atoms with Gasteiger partial charge < -0.3 is 10.4 Å². The number of aliphatic hydroxyl groups is 1. The second-order valence-corrected chi connectivity index (χ2v) is 4.68. The van der Waals surface area contributed by atoms with Crippen LogP contribution in [0.5, 0.6) is 0 Å². The van der Waals surface area contributed by atoms with Crippen LogP contribution in [0.15, 0.2) is 24.3 Å². The lowest BCUT2D eigenvalue weighted by atomic mass is 9.95. The average molecular weight is 207 g/mol. The molecule has 0 radical (unpaired) electrons. The molecule has 0 saturated heterocycles. The van der Waals surface area contributed by atoms with Crippen molar-refractivity contribution in [3.63, 3.8) is 0 Å². The Hall–Kier alpha value is -0.860. The zero-order valence-corrected chi connectivity index (χ0v) is 10.0. The van der Waals surface area contributed by atoms with Crippen LogP contribution in [-0.2, 0) is 5.60 Å². The molecular formula is C13H21NO. The van der Waals surface area contributed by atoms with Crippen LogP contribution >= 0.6 is 0 Å². The Bertz CT molecular complexity index is 301. The van der Waals surface area contributed by atoms with Crippen LogP contribution in [0.3, 0.4) is 0 Å². The number of benzene rings is 1. The highest BCUT2D eigenvalue weighted by molar-refractivity contribution is 5.26. The Morgan fingerprint density at radius 1 is 1.27 bits per heavy atom. The Labute approximate surface area is 92.3 Å². The molecule has 0 bridgehead atoms. The molecule has 1 aromatic rings. The highest BCUT2D eigenvalue weighted by Gasteiger charge is 2.22. The minimum atomic E-state index is -0.794. The normalized spacial score (nSPS) is 15.3. The maximum atomic E-state index is 10.3. The van der Waals surface area contributed by atoms with Gasteiger partial charge in [0.15, 0.2) is 0 Å². The zero-order chi connectivity index (χ0) is 11.5. The molecule has 2 N–H and O–H groups in total. The molecule has 0 aliphatic carbocycles. The largest absolute Gasteiger partial charge is 0.384 e. The Kier molecular flexibility index (Phi) is 3.89. The van der Waals surface area contributed by atoms with Crippen LogP contribution < -0.4 is 5.32 Å². The first-order valence-corrected chi connectivity index (χ1v) is 5.45. The zero-order valence-electron chi connectivity index (χ0n) is 10.0. The van der Waals surface area contributed by atoms with E-state index in [0.29, 0.717) is 12.6 Å². The molecule has 0 spiro atoms. The fourth-order valence-corrected chi connectivity index (χ4v) is 1.42. The molecule has 2 heteroatoms. The fraction of sp³-hybridized carbons (Fsp3) is 0.538. The molecule has 1 aromatic carbocycles. The summed E-state index contributed by atoms with van der Waals surface area (Å²) in [5.41, 5.74) is 1.38. The number of nitrogens with one attached hydrogen (secondary N) is 1. The van der Waals surface area contributed by atoms with Crippen molar-refractivity contribution in [3.05, 3.63) is 35.4 Å².